The van der Waals surface area contributed by atoms with E-state index in [0.717, 1.165) is 31.8 Å². The Bertz CT molecular complexity index is 378. The number of ether oxygens (including phenoxy) is 1. The van der Waals surface area contributed by atoms with Crippen molar-refractivity contribution >= 4 is 5.71 Å². The molecule has 0 aliphatic carbocycles. The topological polar surface area (TPSA) is 45.1 Å². The molecule has 4 nitrogen and oxygen atoms in total. The zero-order chi connectivity index (χ0) is 12.1. The molecule has 0 aromatic heterocycles. The molecular formula is C13H18N2O2. The Hall–Kier alpha value is -1.39. The van der Waals surface area contributed by atoms with Crippen molar-refractivity contribution in [2.75, 3.05) is 20.2 Å². The molecule has 1 heterocycles. The van der Waals surface area contributed by atoms with Gasteiger partial charge in [0.25, 0.3) is 0 Å². The van der Waals surface area contributed by atoms with E-state index in [1.165, 1.54) is 5.56 Å². The second kappa shape index (κ2) is 5.80. The summed E-state index contributed by atoms with van der Waals surface area (Å²) >= 11 is 0. The molecule has 17 heavy (non-hydrogen) atoms. The third-order valence-electron chi connectivity index (χ3n) is 3.14. The van der Waals surface area contributed by atoms with Crippen molar-refractivity contribution in [3.63, 3.8) is 0 Å². The summed E-state index contributed by atoms with van der Waals surface area (Å²) in [7, 11) is 1.65. The fourth-order valence-electron chi connectivity index (χ4n) is 2.18. The van der Waals surface area contributed by atoms with E-state index >= 15 is 0 Å². The van der Waals surface area contributed by atoms with E-state index in [9.17, 15) is 0 Å². The first kappa shape index (κ1) is 12.1. The molecule has 1 aliphatic rings. The molecule has 0 radical (unpaired) electrons. The molecule has 0 bridgehead atoms. The number of nitrogens with zero attached hydrogens (tertiary/aromatic N) is 2. The van der Waals surface area contributed by atoms with Gasteiger partial charge < -0.3 is 9.94 Å². The summed E-state index contributed by atoms with van der Waals surface area (Å²) in [5.41, 5.74) is 2.04. The van der Waals surface area contributed by atoms with Crippen molar-refractivity contribution in [3.05, 3.63) is 35.9 Å². The third kappa shape index (κ3) is 3.05. The minimum absolute atomic E-state index is 0.0857. The van der Waals surface area contributed by atoms with Gasteiger partial charge in [-0.3, -0.25) is 4.90 Å². The van der Waals surface area contributed by atoms with Gasteiger partial charge in [0.1, 0.15) is 6.10 Å². The lowest BCUT2D eigenvalue weighted by molar-refractivity contribution is 0.0886. The second-order valence-corrected chi connectivity index (χ2v) is 4.29. The lowest BCUT2D eigenvalue weighted by Crippen LogP contribution is -2.44. The number of methoxy groups -OCH3 is 1. The summed E-state index contributed by atoms with van der Waals surface area (Å²) < 4.78 is 5.33. The fraction of sp³-hybridized carbons (Fsp3) is 0.462. The fourth-order valence-corrected chi connectivity index (χ4v) is 2.18. The Morgan fingerprint density at radius 1 is 1.41 bits per heavy atom. The Morgan fingerprint density at radius 3 is 2.82 bits per heavy atom. The molecule has 1 unspecified atom stereocenters. The predicted octanol–water partition coefficient (Wildman–Crippen LogP) is 1.74. The quantitative estimate of drug-likeness (QED) is 0.640. The van der Waals surface area contributed by atoms with Crippen LogP contribution in [0.25, 0.3) is 0 Å². The standard InChI is InChI=1S/C13H18N2O2/c1-17-13-10-15(8-7-12(13)14-16)9-11-5-3-2-4-6-11/h2-6,13,16H,7-10H2,1H3. The zero-order valence-electron chi connectivity index (χ0n) is 10.0. The maximum Gasteiger partial charge on any atom is 0.111 e. The summed E-state index contributed by atoms with van der Waals surface area (Å²) in [5, 5.41) is 12.2. The normalized spacial score (nSPS) is 24.1. The molecule has 1 aromatic rings. The van der Waals surface area contributed by atoms with Crippen LogP contribution in [-0.2, 0) is 11.3 Å². The maximum absolute atomic E-state index is 8.86. The first-order valence-corrected chi connectivity index (χ1v) is 5.83. The van der Waals surface area contributed by atoms with Crippen molar-refractivity contribution in [3.8, 4) is 0 Å². The number of piperidine rings is 1. The maximum atomic E-state index is 8.86. The number of rotatable bonds is 3. The van der Waals surface area contributed by atoms with Gasteiger partial charge in [0, 0.05) is 33.2 Å². The molecule has 1 fully saturated rings. The van der Waals surface area contributed by atoms with Gasteiger partial charge in [0.2, 0.25) is 0 Å². The van der Waals surface area contributed by atoms with E-state index in [4.69, 9.17) is 9.94 Å². The highest BCUT2D eigenvalue weighted by atomic mass is 16.5. The van der Waals surface area contributed by atoms with Gasteiger partial charge >= 0.3 is 0 Å². The van der Waals surface area contributed by atoms with Crippen LogP contribution >= 0.6 is 0 Å². The van der Waals surface area contributed by atoms with Crippen molar-refractivity contribution in [2.24, 2.45) is 5.16 Å². The van der Waals surface area contributed by atoms with Crippen LogP contribution in [-0.4, -0.2) is 42.1 Å². The van der Waals surface area contributed by atoms with E-state index in [2.05, 4.69) is 22.2 Å². The van der Waals surface area contributed by atoms with Crippen LogP contribution in [0.3, 0.4) is 0 Å². The molecule has 2 rings (SSSR count). The number of hydrogen-bond donors (Lipinski definition) is 1. The smallest absolute Gasteiger partial charge is 0.111 e. The molecular weight excluding hydrogens is 216 g/mol. The number of benzene rings is 1. The largest absolute Gasteiger partial charge is 0.411 e. The van der Waals surface area contributed by atoms with Gasteiger partial charge in [0.05, 0.1) is 5.71 Å². The summed E-state index contributed by atoms with van der Waals surface area (Å²) in [6, 6.07) is 10.4. The van der Waals surface area contributed by atoms with Gasteiger partial charge in [-0.1, -0.05) is 35.5 Å². The Morgan fingerprint density at radius 2 is 2.18 bits per heavy atom. The van der Waals surface area contributed by atoms with Crippen LogP contribution in [0, 0.1) is 0 Å². The number of likely N-dealkylation sites (tertiary alicyclic amines) is 1. The number of oxime groups is 1. The Kier molecular flexibility index (Phi) is 4.12. The zero-order valence-corrected chi connectivity index (χ0v) is 10.0. The highest BCUT2D eigenvalue weighted by Crippen LogP contribution is 2.14. The minimum Gasteiger partial charge on any atom is -0.411 e. The van der Waals surface area contributed by atoms with Gasteiger partial charge in [-0.25, -0.2) is 0 Å². The van der Waals surface area contributed by atoms with Crippen LogP contribution < -0.4 is 0 Å². The molecule has 92 valence electrons. The third-order valence-corrected chi connectivity index (χ3v) is 3.14. The minimum atomic E-state index is -0.0857. The van der Waals surface area contributed by atoms with Gasteiger partial charge in [-0.2, -0.15) is 0 Å². The van der Waals surface area contributed by atoms with Gasteiger partial charge in [0.15, 0.2) is 0 Å². The Labute approximate surface area is 101 Å². The summed E-state index contributed by atoms with van der Waals surface area (Å²) in [4.78, 5) is 2.32. The molecule has 1 N–H and O–H groups in total. The molecule has 0 spiro atoms. The van der Waals surface area contributed by atoms with Gasteiger partial charge in [-0.15, -0.1) is 0 Å². The molecule has 0 saturated carbocycles. The van der Waals surface area contributed by atoms with Crippen LogP contribution in [0.4, 0.5) is 0 Å². The molecule has 0 amide bonds. The lowest BCUT2D eigenvalue weighted by Gasteiger charge is -2.32. The van der Waals surface area contributed by atoms with E-state index in [1.54, 1.807) is 7.11 Å². The molecule has 4 heteroatoms. The summed E-state index contributed by atoms with van der Waals surface area (Å²) in [6.07, 6.45) is 0.680. The SMILES string of the molecule is COC1CN(Cc2ccccc2)CCC1=NO. The first-order chi connectivity index (χ1) is 8.33. The summed E-state index contributed by atoms with van der Waals surface area (Å²) in [6.45, 7) is 2.61. The number of hydrogen-bond acceptors (Lipinski definition) is 4. The van der Waals surface area contributed by atoms with Gasteiger partial charge in [-0.05, 0) is 5.56 Å². The molecule has 1 aliphatic heterocycles. The van der Waals surface area contributed by atoms with Crippen LogP contribution in [0.5, 0.6) is 0 Å². The van der Waals surface area contributed by atoms with Crippen molar-refractivity contribution in [1.29, 1.82) is 0 Å². The van der Waals surface area contributed by atoms with E-state index in [1.807, 2.05) is 18.2 Å². The lowest BCUT2D eigenvalue weighted by atomic mass is 10.0. The summed E-state index contributed by atoms with van der Waals surface area (Å²) in [5.74, 6) is 0. The van der Waals surface area contributed by atoms with Crippen molar-refractivity contribution in [1.82, 2.24) is 4.90 Å². The van der Waals surface area contributed by atoms with E-state index < -0.39 is 0 Å². The van der Waals surface area contributed by atoms with Crippen LogP contribution in [0.15, 0.2) is 35.5 Å². The van der Waals surface area contributed by atoms with E-state index in [-0.39, 0.29) is 6.10 Å². The average Bonchev–Trinajstić information content (AvgIpc) is 2.40. The monoisotopic (exact) mass is 234 g/mol. The van der Waals surface area contributed by atoms with Crippen LogP contribution in [0.2, 0.25) is 0 Å². The molecule has 1 aromatic carbocycles. The van der Waals surface area contributed by atoms with Crippen LogP contribution in [0.1, 0.15) is 12.0 Å². The Balaban J connectivity index is 1.96. The van der Waals surface area contributed by atoms with Crippen molar-refractivity contribution in [2.45, 2.75) is 19.1 Å². The average molecular weight is 234 g/mol. The van der Waals surface area contributed by atoms with Crippen molar-refractivity contribution < 1.29 is 9.94 Å². The highest BCUT2D eigenvalue weighted by molar-refractivity contribution is 5.89. The first-order valence-electron chi connectivity index (χ1n) is 5.83. The molecule has 1 atom stereocenters. The second-order valence-electron chi connectivity index (χ2n) is 4.29. The predicted molar refractivity (Wildman–Crippen MR) is 66.4 cm³/mol. The van der Waals surface area contributed by atoms with E-state index in [0.29, 0.717) is 0 Å². The molecule has 1 saturated heterocycles. The highest BCUT2D eigenvalue weighted by Gasteiger charge is 2.25.